The molecular weight excluding hydrogens is 358 g/mol. The van der Waals surface area contributed by atoms with Crippen molar-refractivity contribution in [1.29, 1.82) is 0 Å². The summed E-state index contributed by atoms with van der Waals surface area (Å²) in [6.07, 6.45) is 4.06. The van der Waals surface area contributed by atoms with E-state index in [1.165, 1.54) is 7.11 Å². The number of rotatable bonds is 8. The Morgan fingerprint density at radius 2 is 2.00 bits per heavy atom. The molecule has 7 nitrogen and oxygen atoms in total. The maximum atomic E-state index is 13.0. The van der Waals surface area contributed by atoms with Gasteiger partial charge in [0.25, 0.3) is 0 Å². The van der Waals surface area contributed by atoms with E-state index in [0.717, 1.165) is 18.5 Å². The molecule has 2 heterocycles. The first-order chi connectivity index (χ1) is 13.4. The molecular formula is C21H25N3O4. The van der Waals surface area contributed by atoms with Crippen LogP contribution in [0.25, 0.3) is 0 Å². The Bertz CT molecular complexity index is 885. The van der Waals surface area contributed by atoms with E-state index in [1.54, 1.807) is 24.9 Å². The molecule has 148 valence electrons. The molecule has 2 aromatic heterocycles. The average molecular weight is 383 g/mol. The second-order valence-corrected chi connectivity index (χ2v) is 7.14. The van der Waals surface area contributed by atoms with Gasteiger partial charge in [-0.05, 0) is 44.4 Å². The van der Waals surface area contributed by atoms with Crippen molar-refractivity contribution >= 4 is 17.7 Å². The second kappa shape index (κ2) is 8.37. The summed E-state index contributed by atoms with van der Waals surface area (Å²) in [4.78, 5) is 46.4. The molecule has 0 saturated heterocycles. The molecule has 0 radical (unpaired) electrons. The summed E-state index contributed by atoms with van der Waals surface area (Å²) in [7, 11) is 1.30. The topological polar surface area (TPSA) is 92.4 Å². The van der Waals surface area contributed by atoms with Crippen molar-refractivity contribution < 1.29 is 19.1 Å². The number of carbonyl (C=O) groups is 3. The third-order valence-corrected chi connectivity index (χ3v) is 5.04. The van der Waals surface area contributed by atoms with E-state index >= 15 is 0 Å². The number of methoxy groups -OCH3 is 1. The van der Waals surface area contributed by atoms with Gasteiger partial charge in [-0.15, -0.1) is 0 Å². The Kier molecular flexibility index (Phi) is 5.92. The molecule has 0 aromatic carbocycles. The molecule has 1 aliphatic rings. The van der Waals surface area contributed by atoms with E-state index in [9.17, 15) is 14.4 Å². The highest BCUT2D eigenvalue weighted by molar-refractivity contribution is 6.04. The highest BCUT2D eigenvalue weighted by Gasteiger charge is 2.34. The fraction of sp³-hybridized carbons (Fsp3) is 0.429. The molecule has 2 aromatic rings. The van der Waals surface area contributed by atoms with Crippen molar-refractivity contribution in [2.75, 3.05) is 20.2 Å². The number of aryl methyl sites for hydroxylation is 1. The number of carbonyl (C=O) groups excluding carboxylic acids is 3. The van der Waals surface area contributed by atoms with E-state index in [4.69, 9.17) is 4.74 Å². The van der Waals surface area contributed by atoms with Gasteiger partial charge in [0.2, 0.25) is 5.91 Å². The predicted octanol–water partition coefficient (Wildman–Crippen LogP) is 2.48. The Labute approximate surface area is 164 Å². The third kappa shape index (κ3) is 4.30. The average Bonchev–Trinajstić information content (AvgIpc) is 3.50. The molecule has 0 aliphatic heterocycles. The van der Waals surface area contributed by atoms with Crippen LogP contribution in [-0.4, -0.2) is 52.7 Å². The van der Waals surface area contributed by atoms with Crippen molar-refractivity contribution in [2.45, 2.75) is 33.1 Å². The van der Waals surface area contributed by atoms with Crippen LogP contribution in [0.2, 0.25) is 0 Å². The highest BCUT2D eigenvalue weighted by atomic mass is 16.5. The number of ketones is 1. The zero-order valence-electron chi connectivity index (χ0n) is 16.4. The van der Waals surface area contributed by atoms with Gasteiger partial charge in [-0.1, -0.05) is 6.07 Å². The standard InChI is InChI=1S/C21H25N3O4/c1-13-18(14(2)23-19(13)21(27)28-3)17(25)12-24(20(26)15-7-8-15)11-9-16-6-4-5-10-22-16/h4-6,10,15,23H,7-9,11-12H2,1-3H3. The number of nitrogens with zero attached hydrogens (tertiary/aromatic N) is 2. The molecule has 7 heteroatoms. The van der Waals surface area contributed by atoms with Crippen LogP contribution >= 0.6 is 0 Å². The Morgan fingerprint density at radius 3 is 2.61 bits per heavy atom. The fourth-order valence-electron chi connectivity index (χ4n) is 3.38. The van der Waals surface area contributed by atoms with Gasteiger partial charge in [0.15, 0.2) is 5.78 Å². The summed E-state index contributed by atoms with van der Waals surface area (Å²) < 4.78 is 4.76. The minimum atomic E-state index is -0.513. The summed E-state index contributed by atoms with van der Waals surface area (Å²) in [6, 6.07) is 5.66. The van der Waals surface area contributed by atoms with E-state index < -0.39 is 5.97 Å². The van der Waals surface area contributed by atoms with E-state index in [2.05, 4.69) is 9.97 Å². The van der Waals surface area contributed by atoms with Crippen LogP contribution in [0.4, 0.5) is 0 Å². The number of amides is 1. The molecule has 28 heavy (non-hydrogen) atoms. The van der Waals surface area contributed by atoms with Crippen molar-refractivity contribution in [2.24, 2.45) is 5.92 Å². The molecule has 1 aliphatic carbocycles. The molecule has 1 saturated carbocycles. The van der Waals surface area contributed by atoms with Crippen LogP contribution in [-0.2, 0) is 16.0 Å². The number of H-pyrrole nitrogens is 1. The van der Waals surface area contributed by atoms with Crippen LogP contribution < -0.4 is 0 Å². The number of aromatic amines is 1. The Hall–Kier alpha value is -2.96. The van der Waals surface area contributed by atoms with Gasteiger partial charge in [0, 0.05) is 42.0 Å². The number of esters is 1. The summed E-state index contributed by atoms with van der Waals surface area (Å²) in [5, 5.41) is 0. The van der Waals surface area contributed by atoms with Crippen molar-refractivity contribution in [3.63, 3.8) is 0 Å². The molecule has 0 atom stereocenters. The van der Waals surface area contributed by atoms with Gasteiger partial charge in [-0.2, -0.15) is 0 Å². The molecule has 1 fully saturated rings. The van der Waals surface area contributed by atoms with Crippen LogP contribution in [0.1, 0.15) is 50.6 Å². The fourth-order valence-corrected chi connectivity index (χ4v) is 3.38. The first kappa shape index (κ1) is 19.8. The smallest absolute Gasteiger partial charge is 0.354 e. The highest BCUT2D eigenvalue weighted by Crippen LogP contribution is 2.31. The number of Topliss-reactive ketones (excluding diaryl/α,β-unsaturated/α-hetero) is 1. The van der Waals surface area contributed by atoms with Gasteiger partial charge in [-0.25, -0.2) is 4.79 Å². The van der Waals surface area contributed by atoms with E-state index in [0.29, 0.717) is 29.8 Å². The number of nitrogens with one attached hydrogen (secondary N) is 1. The van der Waals surface area contributed by atoms with Crippen LogP contribution in [0, 0.1) is 19.8 Å². The number of hydrogen-bond acceptors (Lipinski definition) is 5. The molecule has 3 rings (SSSR count). The minimum Gasteiger partial charge on any atom is -0.464 e. The molecule has 0 spiro atoms. The Morgan fingerprint density at radius 1 is 1.25 bits per heavy atom. The first-order valence-electron chi connectivity index (χ1n) is 9.41. The van der Waals surface area contributed by atoms with Crippen LogP contribution in [0.15, 0.2) is 24.4 Å². The summed E-state index contributed by atoms with van der Waals surface area (Å²) in [5.41, 5.74) is 2.76. The van der Waals surface area contributed by atoms with Crippen LogP contribution in [0.3, 0.4) is 0 Å². The lowest BCUT2D eigenvalue weighted by atomic mass is 10.0. The lowest BCUT2D eigenvalue weighted by Crippen LogP contribution is -2.38. The zero-order chi connectivity index (χ0) is 20.3. The number of aromatic nitrogens is 2. The second-order valence-electron chi connectivity index (χ2n) is 7.14. The predicted molar refractivity (Wildman–Crippen MR) is 103 cm³/mol. The maximum absolute atomic E-state index is 13.0. The first-order valence-corrected chi connectivity index (χ1v) is 9.41. The van der Waals surface area contributed by atoms with Crippen LogP contribution in [0.5, 0.6) is 0 Å². The maximum Gasteiger partial charge on any atom is 0.354 e. The van der Waals surface area contributed by atoms with Gasteiger partial charge in [-0.3, -0.25) is 14.6 Å². The van der Waals surface area contributed by atoms with Gasteiger partial charge in [0.1, 0.15) is 5.69 Å². The van der Waals surface area contributed by atoms with E-state index in [1.807, 2.05) is 18.2 Å². The third-order valence-electron chi connectivity index (χ3n) is 5.04. The zero-order valence-corrected chi connectivity index (χ0v) is 16.4. The quantitative estimate of drug-likeness (QED) is 0.558. The number of ether oxygens (including phenoxy) is 1. The van der Waals surface area contributed by atoms with E-state index in [-0.39, 0.29) is 29.8 Å². The van der Waals surface area contributed by atoms with Crippen molar-refractivity contribution in [3.8, 4) is 0 Å². The number of pyridine rings is 1. The molecule has 1 N–H and O–H groups in total. The lowest BCUT2D eigenvalue weighted by molar-refractivity contribution is -0.132. The van der Waals surface area contributed by atoms with Gasteiger partial charge in [0.05, 0.1) is 13.7 Å². The molecule has 1 amide bonds. The molecule has 0 bridgehead atoms. The summed E-state index contributed by atoms with van der Waals surface area (Å²) in [5.74, 6) is -0.656. The monoisotopic (exact) mass is 383 g/mol. The van der Waals surface area contributed by atoms with Crippen molar-refractivity contribution in [1.82, 2.24) is 14.9 Å². The van der Waals surface area contributed by atoms with Gasteiger partial charge >= 0.3 is 5.97 Å². The number of hydrogen-bond donors (Lipinski definition) is 1. The molecule has 0 unspecified atom stereocenters. The Balaban J connectivity index is 1.76. The lowest BCUT2D eigenvalue weighted by Gasteiger charge is -2.22. The van der Waals surface area contributed by atoms with Gasteiger partial charge < -0.3 is 14.6 Å². The SMILES string of the molecule is COC(=O)c1[nH]c(C)c(C(=O)CN(CCc2ccccn2)C(=O)C2CC2)c1C. The normalized spacial score (nSPS) is 13.2. The van der Waals surface area contributed by atoms with Crippen molar-refractivity contribution in [3.05, 3.63) is 52.6 Å². The largest absolute Gasteiger partial charge is 0.464 e. The summed E-state index contributed by atoms with van der Waals surface area (Å²) in [6.45, 7) is 3.88. The minimum absolute atomic E-state index is 0.0116. The summed E-state index contributed by atoms with van der Waals surface area (Å²) >= 11 is 0.